The number of nitrogens with two attached hydrogens (primary N) is 1. The molecule has 0 radical (unpaired) electrons. The number of fused-ring (bicyclic) bond motifs is 1. The van der Waals surface area contributed by atoms with Crippen LogP contribution in [0.5, 0.6) is 0 Å². The zero-order valence-corrected chi connectivity index (χ0v) is 14.1. The standard InChI is InChI=1S/C21H14FN3O2/c22-16-3-1-2-14(10-16)19-17(12-4-6-13(7-5-12)20(23)27)11-15-8-9-18(26)24-21(15)25-19/h1-11H,(H2,23,27)(H,24,25,26). The van der Waals surface area contributed by atoms with Crippen molar-refractivity contribution >= 4 is 16.9 Å². The van der Waals surface area contributed by atoms with Crippen LogP contribution in [0.2, 0.25) is 0 Å². The first kappa shape index (κ1) is 16.7. The van der Waals surface area contributed by atoms with Gasteiger partial charge in [0.25, 0.3) is 0 Å². The average molecular weight is 359 g/mol. The lowest BCUT2D eigenvalue weighted by atomic mass is 9.97. The predicted molar refractivity (Wildman–Crippen MR) is 102 cm³/mol. The maximum Gasteiger partial charge on any atom is 0.249 e. The molecule has 0 saturated carbocycles. The van der Waals surface area contributed by atoms with Crippen molar-refractivity contribution in [2.45, 2.75) is 0 Å². The SMILES string of the molecule is NC(=O)c1ccc(-c2cc3ccc(=O)[nH]c3nc2-c2cccc(F)c2)cc1. The van der Waals surface area contributed by atoms with Crippen LogP contribution in [0.25, 0.3) is 33.4 Å². The highest BCUT2D eigenvalue weighted by molar-refractivity contribution is 5.94. The van der Waals surface area contributed by atoms with Crippen LogP contribution in [0, 0.1) is 5.82 Å². The molecule has 0 atom stereocenters. The summed E-state index contributed by atoms with van der Waals surface area (Å²) in [6.07, 6.45) is 0. The fourth-order valence-corrected chi connectivity index (χ4v) is 2.97. The summed E-state index contributed by atoms with van der Waals surface area (Å²) in [5.74, 6) is -0.896. The fraction of sp³-hybridized carbons (Fsp3) is 0. The number of pyridine rings is 2. The van der Waals surface area contributed by atoms with Crippen LogP contribution in [0.15, 0.2) is 71.5 Å². The molecule has 132 valence electrons. The zero-order chi connectivity index (χ0) is 19.0. The van der Waals surface area contributed by atoms with Gasteiger partial charge in [0.15, 0.2) is 0 Å². The Kier molecular flexibility index (Phi) is 4.01. The number of hydrogen-bond donors (Lipinski definition) is 2. The lowest BCUT2D eigenvalue weighted by Crippen LogP contribution is -2.10. The molecular weight excluding hydrogens is 345 g/mol. The molecule has 0 aliphatic heterocycles. The Labute approximate surface area is 153 Å². The number of aromatic nitrogens is 2. The number of H-pyrrole nitrogens is 1. The molecule has 0 aliphatic rings. The lowest BCUT2D eigenvalue weighted by Gasteiger charge is -2.12. The van der Waals surface area contributed by atoms with Crippen molar-refractivity contribution in [3.05, 3.63) is 88.5 Å². The van der Waals surface area contributed by atoms with Gasteiger partial charge in [-0.1, -0.05) is 24.3 Å². The van der Waals surface area contributed by atoms with E-state index < -0.39 is 5.91 Å². The number of nitrogens with zero attached hydrogens (tertiary/aromatic N) is 1. The quantitative estimate of drug-likeness (QED) is 0.587. The van der Waals surface area contributed by atoms with Crippen LogP contribution < -0.4 is 11.3 Å². The number of halogens is 1. The molecule has 5 nitrogen and oxygen atoms in total. The number of rotatable bonds is 3. The molecule has 0 saturated heterocycles. The van der Waals surface area contributed by atoms with Crippen molar-refractivity contribution in [1.29, 1.82) is 0 Å². The minimum absolute atomic E-state index is 0.265. The van der Waals surface area contributed by atoms with E-state index in [2.05, 4.69) is 9.97 Å². The van der Waals surface area contributed by atoms with Crippen LogP contribution in [0.4, 0.5) is 4.39 Å². The molecule has 0 spiro atoms. The van der Waals surface area contributed by atoms with Crippen molar-refractivity contribution in [2.75, 3.05) is 0 Å². The van der Waals surface area contributed by atoms with E-state index in [1.165, 1.54) is 18.2 Å². The molecular formula is C21H14FN3O2. The molecule has 0 bridgehead atoms. The van der Waals surface area contributed by atoms with E-state index in [0.29, 0.717) is 22.5 Å². The van der Waals surface area contributed by atoms with E-state index in [4.69, 9.17) is 5.73 Å². The van der Waals surface area contributed by atoms with Gasteiger partial charge in [-0.15, -0.1) is 0 Å². The maximum atomic E-state index is 13.8. The van der Waals surface area contributed by atoms with Crippen LogP contribution in [-0.4, -0.2) is 15.9 Å². The zero-order valence-electron chi connectivity index (χ0n) is 14.1. The molecule has 2 aromatic heterocycles. The van der Waals surface area contributed by atoms with E-state index in [1.807, 2.05) is 6.07 Å². The molecule has 2 aromatic carbocycles. The van der Waals surface area contributed by atoms with Crippen molar-refractivity contribution in [2.24, 2.45) is 5.73 Å². The van der Waals surface area contributed by atoms with Crippen LogP contribution in [-0.2, 0) is 0 Å². The monoisotopic (exact) mass is 359 g/mol. The van der Waals surface area contributed by atoms with Crippen molar-refractivity contribution in [1.82, 2.24) is 9.97 Å². The van der Waals surface area contributed by atoms with Gasteiger partial charge >= 0.3 is 0 Å². The number of benzene rings is 2. The largest absolute Gasteiger partial charge is 0.366 e. The van der Waals surface area contributed by atoms with E-state index in [0.717, 1.165) is 16.5 Å². The number of carbonyl (C=O) groups is 1. The summed E-state index contributed by atoms with van der Waals surface area (Å²) >= 11 is 0. The summed E-state index contributed by atoms with van der Waals surface area (Å²) in [5, 5.41) is 0.740. The first-order valence-electron chi connectivity index (χ1n) is 8.21. The number of aromatic amines is 1. The molecule has 6 heteroatoms. The Bertz CT molecular complexity index is 1230. The van der Waals surface area contributed by atoms with Crippen molar-refractivity contribution < 1.29 is 9.18 Å². The van der Waals surface area contributed by atoms with Gasteiger partial charge in [-0.3, -0.25) is 9.59 Å². The summed E-state index contributed by atoms with van der Waals surface area (Å²) < 4.78 is 13.8. The molecule has 2 heterocycles. The van der Waals surface area contributed by atoms with Gasteiger partial charge in [-0.05, 0) is 42.0 Å². The van der Waals surface area contributed by atoms with Crippen LogP contribution in [0.3, 0.4) is 0 Å². The highest BCUT2D eigenvalue weighted by Gasteiger charge is 2.13. The molecule has 0 aliphatic carbocycles. The number of primary amides is 1. The molecule has 0 unspecified atom stereocenters. The summed E-state index contributed by atoms with van der Waals surface area (Å²) in [4.78, 5) is 30.2. The van der Waals surface area contributed by atoms with Gasteiger partial charge in [0.05, 0.1) is 5.69 Å². The number of hydrogen-bond acceptors (Lipinski definition) is 3. The Morgan fingerprint density at radius 1 is 0.963 bits per heavy atom. The summed E-state index contributed by atoms with van der Waals surface area (Å²) in [5.41, 5.74) is 8.49. The van der Waals surface area contributed by atoms with E-state index in [1.54, 1.807) is 42.5 Å². The maximum absolute atomic E-state index is 13.8. The third kappa shape index (κ3) is 3.20. The summed E-state index contributed by atoms with van der Waals surface area (Å²) in [7, 11) is 0. The fourth-order valence-electron chi connectivity index (χ4n) is 2.97. The second kappa shape index (κ2) is 6.49. The minimum Gasteiger partial charge on any atom is -0.366 e. The molecule has 4 aromatic rings. The van der Waals surface area contributed by atoms with Gasteiger partial charge in [0.1, 0.15) is 11.5 Å². The van der Waals surface area contributed by atoms with Crippen LogP contribution in [0.1, 0.15) is 10.4 Å². The number of nitrogens with one attached hydrogen (secondary N) is 1. The summed E-state index contributed by atoms with van der Waals surface area (Å²) in [6, 6.07) is 17.8. The highest BCUT2D eigenvalue weighted by atomic mass is 19.1. The average Bonchev–Trinajstić information content (AvgIpc) is 2.67. The van der Waals surface area contributed by atoms with Gasteiger partial charge < -0.3 is 10.7 Å². The first-order chi connectivity index (χ1) is 13.0. The number of carbonyl (C=O) groups excluding carboxylic acids is 1. The molecule has 1 amide bonds. The van der Waals surface area contributed by atoms with E-state index in [-0.39, 0.29) is 11.4 Å². The third-order valence-electron chi connectivity index (χ3n) is 4.29. The topological polar surface area (TPSA) is 88.8 Å². The number of amides is 1. The Hall–Kier alpha value is -3.80. The minimum atomic E-state index is -0.513. The Morgan fingerprint density at radius 3 is 2.44 bits per heavy atom. The van der Waals surface area contributed by atoms with Gasteiger partial charge in [0, 0.05) is 28.1 Å². The highest BCUT2D eigenvalue weighted by Crippen LogP contribution is 2.33. The van der Waals surface area contributed by atoms with Crippen molar-refractivity contribution in [3.63, 3.8) is 0 Å². The Balaban J connectivity index is 1.99. The normalized spacial score (nSPS) is 10.9. The molecule has 27 heavy (non-hydrogen) atoms. The van der Waals surface area contributed by atoms with E-state index in [9.17, 15) is 14.0 Å². The van der Waals surface area contributed by atoms with Gasteiger partial charge in [-0.2, -0.15) is 0 Å². The molecule has 0 fully saturated rings. The Morgan fingerprint density at radius 2 is 1.74 bits per heavy atom. The third-order valence-corrected chi connectivity index (χ3v) is 4.29. The first-order valence-corrected chi connectivity index (χ1v) is 8.21. The van der Waals surface area contributed by atoms with Gasteiger partial charge in [-0.25, -0.2) is 9.37 Å². The van der Waals surface area contributed by atoms with E-state index >= 15 is 0 Å². The second-order valence-electron chi connectivity index (χ2n) is 6.10. The van der Waals surface area contributed by atoms with Crippen LogP contribution >= 0.6 is 0 Å². The summed E-state index contributed by atoms with van der Waals surface area (Å²) in [6.45, 7) is 0. The van der Waals surface area contributed by atoms with Crippen molar-refractivity contribution in [3.8, 4) is 22.4 Å². The molecule has 4 rings (SSSR count). The predicted octanol–water partition coefficient (Wildman–Crippen LogP) is 3.50. The molecule has 3 N–H and O–H groups in total. The smallest absolute Gasteiger partial charge is 0.249 e. The second-order valence-corrected chi connectivity index (χ2v) is 6.10. The lowest BCUT2D eigenvalue weighted by molar-refractivity contribution is 0.100. The van der Waals surface area contributed by atoms with Gasteiger partial charge in [0.2, 0.25) is 11.5 Å².